The molecule has 2 rings (SSSR count). The second-order valence-electron chi connectivity index (χ2n) is 6.94. The monoisotopic (exact) mass is 278 g/mol. The molecule has 1 aliphatic heterocycles. The summed E-state index contributed by atoms with van der Waals surface area (Å²) in [6, 6.07) is 0. The van der Waals surface area contributed by atoms with Crippen LogP contribution in [0.4, 0.5) is 0 Å². The van der Waals surface area contributed by atoms with Gasteiger partial charge in [-0.05, 0) is 33.7 Å². The maximum atomic E-state index is 12.1. The summed E-state index contributed by atoms with van der Waals surface area (Å²) < 4.78 is 2.04. The maximum absolute atomic E-state index is 12.1. The fraction of sp³-hybridized carbons (Fsp3) is 0.733. The first-order chi connectivity index (χ1) is 9.27. The van der Waals surface area contributed by atoms with Crippen molar-refractivity contribution in [3.63, 3.8) is 0 Å². The van der Waals surface area contributed by atoms with Crippen LogP contribution in [0, 0.1) is 5.92 Å². The largest absolute Gasteiger partial charge is 0.338 e. The third kappa shape index (κ3) is 3.39. The smallest absolute Gasteiger partial charge is 0.223 e. The number of aryl methyl sites for hydroxylation is 1. The minimum Gasteiger partial charge on any atom is -0.338 e. The molecule has 1 aliphatic rings. The van der Waals surface area contributed by atoms with Gasteiger partial charge in [0, 0.05) is 44.8 Å². The zero-order valence-corrected chi connectivity index (χ0v) is 13.3. The Morgan fingerprint density at radius 1 is 1.45 bits per heavy atom. The molecule has 1 aromatic rings. The molecule has 1 atom stereocenters. The van der Waals surface area contributed by atoms with E-state index in [1.54, 1.807) is 0 Å². The number of imidazole rings is 1. The molecule has 20 heavy (non-hydrogen) atoms. The first-order valence-electron chi connectivity index (χ1n) is 7.21. The highest BCUT2D eigenvalue weighted by atomic mass is 16.2. The highest BCUT2D eigenvalue weighted by molar-refractivity contribution is 5.79. The Labute approximate surface area is 121 Å². The molecule has 1 fully saturated rings. The van der Waals surface area contributed by atoms with E-state index in [2.05, 4.69) is 37.7 Å². The SMILES string of the molecule is CN(Cc1cncn1C)CC1CC(=O)N(C(C)(C)C)C1. The summed E-state index contributed by atoms with van der Waals surface area (Å²) in [5.74, 6) is 0.719. The molecule has 0 saturated carbocycles. The molecule has 0 aliphatic carbocycles. The molecule has 5 nitrogen and oxygen atoms in total. The number of nitrogens with zero attached hydrogens (tertiary/aromatic N) is 4. The van der Waals surface area contributed by atoms with Gasteiger partial charge in [-0.2, -0.15) is 0 Å². The van der Waals surface area contributed by atoms with E-state index in [9.17, 15) is 4.79 Å². The fourth-order valence-corrected chi connectivity index (χ4v) is 2.87. The topological polar surface area (TPSA) is 41.4 Å². The van der Waals surface area contributed by atoms with Gasteiger partial charge in [-0.15, -0.1) is 0 Å². The van der Waals surface area contributed by atoms with E-state index in [4.69, 9.17) is 0 Å². The van der Waals surface area contributed by atoms with Crippen molar-refractivity contribution in [3.05, 3.63) is 18.2 Å². The van der Waals surface area contributed by atoms with Gasteiger partial charge >= 0.3 is 0 Å². The van der Waals surface area contributed by atoms with E-state index < -0.39 is 0 Å². The lowest BCUT2D eigenvalue weighted by Crippen LogP contribution is -2.42. The van der Waals surface area contributed by atoms with Crippen LogP contribution < -0.4 is 0 Å². The molecule has 1 amide bonds. The third-order valence-electron chi connectivity index (χ3n) is 3.93. The molecule has 2 heterocycles. The van der Waals surface area contributed by atoms with Crippen molar-refractivity contribution in [2.45, 2.75) is 39.3 Å². The number of carbonyl (C=O) groups is 1. The number of aromatic nitrogens is 2. The summed E-state index contributed by atoms with van der Waals surface area (Å²) in [5, 5.41) is 0. The molecular weight excluding hydrogens is 252 g/mol. The van der Waals surface area contributed by atoms with Crippen LogP contribution in [-0.2, 0) is 18.4 Å². The number of rotatable bonds is 4. The first kappa shape index (κ1) is 15.0. The molecule has 112 valence electrons. The summed E-state index contributed by atoms with van der Waals surface area (Å²) in [5.41, 5.74) is 1.14. The lowest BCUT2D eigenvalue weighted by Gasteiger charge is -2.32. The second kappa shape index (κ2) is 5.56. The lowest BCUT2D eigenvalue weighted by molar-refractivity contribution is -0.131. The molecule has 0 bridgehead atoms. The molecule has 5 heteroatoms. The zero-order valence-electron chi connectivity index (χ0n) is 13.3. The number of hydrogen-bond acceptors (Lipinski definition) is 3. The summed E-state index contributed by atoms with van der Waals surface area (Å²) >= 11 is 0. The van der Waals surface area contributed by atoms with Crippen LogP contribution >= 0.6 is 0 Å². The standard InChI is InChI=1S/C15H26N4O/c1-15(2,3)19-9-12(6-14(19)20)8-17(4)10-13-7-16-11-18(13)5/h7,11-12H,6,8-10H2,1-5H3. The van der Waals surface area contributed by atoms with Crippen molar-refractivity contribution in [1.29, 1.82) is 0 Å². The predicted molar refractivity (Wildman–Crippen MR) is 79.1 cm³/mol. The molecule has 0 radical (unpaired) electrons. The molecule has 1 aromatic heterocycles. The minimum atomic E-state index is -0.0631. The van der Waals surface area contributed by atoms with E-state index in [1.807, 2.05) is 29.0 Å². The van der Waals surface area contributed by atoms with Gasteiger partial charge in [0.2, 0.25) is 5.91 Å². The van der Waals surface area contributed by atoms with Crippen LogP contribution in [0.1, 0.15) is 32.9 Å². The van der Waals surface area contributed by atoms with Gasteiger partial charge in [-0.3, -0.25) is 4.79 Å². The van der Waals surface area contributed by atoms with Crippen molar-refractivity contribution in [2.75, 3.05) is 20.1 Å². The molecule has 0 spiro atoms. The Balaban J connectivity index is 1.89. The zero-order chi connectivity index (χ0) is 14.9. The van der Waals surface area contributed by atoms with Crippen LogP contribution in [-0.4, -0.2) is 50.9 Å². The van der Waals surface area contributed by atoms with Crippen LogP contribution in [0.15, 0.2) is 12.5 Å². The number of likely N-dealkylation sites (tertiary alicyclic amines) is 1. The maximum Gasteiger partial charge on any atom is 0.223 e. The van der Waals surface area contributed by atoms with Gasteiger partial charge in [0.05, 0.1) is 12.0 Å². The predicted octanol–water partition coefficient (Wildman–Crippen LogP) is 1.50. The Kier molecular flexibility index (Phi) is 4.18. The van der Waals surface area contributed by atoms with E-state index >= 15 is 0 Å². The van der Waals surface area contributed by atoms with Crippen LogP contribution in [0.2, 0.25) is 0 Å². The van der Waals surface area contributed by atoms with E-state index in [1.165, 1.54) is 5.69 Å². The van der Waals surface area contributed by atoms with Crippen molar-refractivity contribution < 1.29 is 4.79 Å². The molecule has 1 saturated heterocycles. The average molecular weight is 278 g/mol. The summed E-state index contributed by atoms with van der Waals surface area (Å²) in [6.07, 6.45) is 4.40. The summed E-state index contributed by atoms with van der Waals surface area (Å²) in [7, 11) is 4.12. The molecular formula is C15H26N4O. The highest BCUT2D eigenvalue weighted by Crippen LogP contribution is 2.26. The van der Waals surface area contributed by atoms with Crippen molar-refractivity contribution in [3.8, 4) is 0 Å². The Bertz CT molecular complexity index is 474. The summed E-state index contributed by atoms with van der Waals surface area (Å²) in [4.78, 5) is 20.5. The Hall–Kier alpha value is -1.36. The lowest BCUT2D eigenvalue weighted by atomic mass is 10.1. The molecule has 1 unspecified atom stereocenters. The van der Waals surface area contributed by atoms with Gasteiger partial charge in [-0.1, -0.05) is 0 Å². The molecule has 0 aromatic carbocycles. The van der Waals surface area contributed by atoms with E-state index in [-0.39, 0.29) is 11.4 Å². The summed E-state index contributed by atoms with van der Waals surface area (Å²) in [6.45, 7) is 9.00. The number of hydrogen-bond donors (Lipinski definition) is 0. The van der Waals surface area contributed by atoms with E-state index in [0.717, 1.165) is 19.6 Å². The minimum absolute atomic E-state index is 0.0631. The quantitative estimate of drug-likeness (QED) is 0.838. The second-order valence-corrected chi connectivity index (χ2v) is 6.94. The molecule has 0 N–H and O–H groups in total. The van der Waals surface area contributed by atoms with Crippen LogP contribution in [0.5, 0.6) is 0 Å². The highest BCUT2D eigenvalue weighted by Gasteiger charge is 2.36. The van der Waals surface area contributed by atoms with Crippen LogP contribution in [0.25, 0.3) is 0 Å². The van der Waals surface area contributed by atoms with Crippen molar-refractivity contribution in [2.24, 2.45) is 13.0 Å². The average Bonchev–Trinajstić information content (AvgIpc) is 2.85. The van der Waals surface area contributed by atoms with Gasteiger partial charge < -0.3 is 14.4 Å². The van der Waals surface area contributed by atoms with Gasteiger partial charge in [0.15, 0.2) is 0 Å². The fourth-order valence-electron chi connectivity index (χ4n) is 2.87. The Morgan fingerprint density at radius 2 is 2.15 bits per heavy atom. The van der Waals surface area contributed by atoms with Crippen molar-refractivity contribution >= 4 is 5.91 Å². The van der Waals surface area contributed by atoms with Gasteiger partial charge in [-0.25, -0.2) is 4.98 Å². The Morgan fingerprint density at radius 3 is 2.65 bits per heavy atom. The third-order valence-corrected chi connectivity index (χ3v) is 3.93. The number of amides is 1. The normalized spacial score (nSPS) is 20.2. The first-order valence-corrected chi connectivity index (χ1v) is 7.21. The van der Waals surface area contributed by atoms with Gasteiger partial charge in [0.25, 0.3) is 0 Å². The number of carbonyl (C=O) groups excluding carboxylic acids is 1. The van der Waals surface area contributed by atoms with Crippen LogP contribution in [0.3, 0.4) is 0 Å². The van der Waals surface area contributed by atoms with E-state index in [0.29, 0.717) is 12.3 Å². The van der Waals surface area contributed by atoms with Crippen molar-refractivity contribution in [1.82, 2.24) is 19.4 Å². The van der Waals surface area contributed by atoms with Gasteiger partial charge in [0.1, 0.15) is 0 Å².